The molecule has 1 aliphatic rings. The minimum absolute atomic E-state index is 0.0439. The van der Waals surface area contributed by atoms with Crippen LogP contribution in [0.1, 0.15) is 25.1 Å². The Bertz CT molecular complexity index is 472. The molecule has 5 heteroatoms. The van der Waals surface area contributed by atoms with Gasteiger partial charge in [0.25, 0.3) is 5.56 Å². The van der Waals surface area contributed by atoms with Crippen LogP contribution >= 0.6 is 0 Å². The second-order valence-corrected chi connectivity index (χ2v) is 5.53. The lowest BCUT2D eigenvalue weighted by Gasteiger charge is -2.33. The molecule has 0 saturated carbocycles. The van der Waals surface area contributed by atoms with Crippen LogP contribution in [0.3, 0.4) is 0 Å². The smallest absolute Gasteiger partial charge is 0.266 e. The zero-order valence-corrected chi connectivity index (χ0v) is 10.7. The number of hydrogen-bond donors (Lipinski definition) is 1. The highest BCUT2D eigenvalue weighted by molar-refractivity contribution is 5.20. The largest absolute Gasteiger partial charge is 0.324 e. The van der Waals surface area contributed by atoms with Crippen LogP contribution in [-0.2, 0) is 20.0 Å². The predicted molar refractivity (Wildman–Crippen MR) is 66.7 cm³/mol. The van der Waals surface area contributed by atoms with Crippen molar-refractivity contribution < 1.29 is 0 Å². The van der Waals surface area contributed by atoms with Gasteiger partial charge in [0.15, 0.2) is 0 Å². The first-order valence-electron chi connectivity index (χ1n) is 5.92. The fourth-order valence-corrected chi connectivity index (χ4v) is 2.26. The maximum atomic E-state index is 11.5. The summed E-state index contributed by atoms with van der Waals surface area (Å²) in [6.07, 6.45) is 0.888. The highest BCUT2D eigenvalue weighted by Gasteiger charge is 2.22. The molecule has 0 unspecified atom stereocenters. The Labute approximate surface area is 101 Å². The molecule has 0 fully saturated rings. The Morgan fingerprint density at radius 3 is 2.88 bits per heavy atom. The first-order chi connectivity index (χ1) is 7.85. The average Bonchev–Trinajstić information content (AvgIpc) is 2.18. The SMILES string of the molecule is Cn1nc2c(cc1=O)CN(CC(C)(C)N)CC2. The number of nitrogens with zero attached hydrogens (tertiary/aromatic N) is 3. The second-order valence-electron chi connectivity index (χ2n) is 5.53. The van der Waals surface area contributed by atoms with Gasteiger partial charge in [-0.3, -0.25) is 9.69 Å². The summed E-state index contributed by atoms with van der Waals surface area (Å²) in [7, 11) is 1.69. The number of aryl methyl sites for hydroxylation is 1. The van der Waals surface area contributed by atoms with E-state index in [1.54, 1.807) is 13.1 Å². The molecule has 0 radical (unpaired) electrons. The van der Waals surface area contributed by atoms with E-state index < -0.39 is 0 Å². The van der Waals surface area contributed by atoms with Crippen LogP contribution in [0.4, 0.5) is 0 Å². The molecule has 0 amide bonds. The van der Waals surface area contributed by atoms with E-state index in [0.717, 1.165) is 37.3 Å². The van der Waals surface area contributed by atoms with Gasteiger partial charge in [0, 0.05) is 44.7 Å². The molecular weight excluding hydrogens is 216 g/mol. The van der Waals surface area contributed by atoms with Crippen LogP contribution in [0, 0.1) is 0 Å². The molecule has 94 valence electrons. The van der Waals surface area contributed by atoms with Gasteiger partial charge in [0.2, 0.25) is 0 Å². The van der Waals surface area contributed by atoms with Crippen LogP contribution in [-0.4, -0.2) is 33.3 Å². The highest BCUT2D eigenvalue weighted by Crippen LogP contribution is 2.16. The van der Waals surface area contributed by atoms with Crippen molar-refractivity contribution in [3.8, 4) is 0 Å². The Morgan fingerprint density at radius 1 is 1.53 bits per heavy atom. The van der Waals surface area contributed by atoms with Gasteiger partial charge in [-0.15, -0.1) is 0 Å². The van der Waals surface area contributed by atoms with Crippen molar-refractivity contribution in [3.05, 3.63) is 27.7 Å². The molecular formula is C12H20N4O. The van der Waals surface area contributed by atoms with Gasteiger partial charge in [-0.05, 0) is 19.4 Å². The number of rotatable bonds is 2. The van der Waals surface area contributed by atoms with Crippen LogP contribution in [0.5, 0.6) is 0 Å². The zero-order valence-electron chi connectivity index (χ0n) is 10.7. The fraction of sp³-hybridized carbons (Fsp3) is 0.667. The summed E-state index contributed by atoms with van der Waals surface area (Å²) < 4.78 is 1.40. The van der Waals surface area contributed by atoms with Crippen molar-refractivity contribution in [3.63, 3.8) is 0 Å². The maximum absolute atomic E-state index is 11.5. The molecule has 0 bridgehead atoms. The summed E-state index contributed by atoms with van der Waals surface area (Å²) in [5.74, 6) is 0. The predicted octanol–water partition coefficient (Wildman–Crippen LogP) is -0.124. The third-order valence-electron chi connectivity index (χ3n) is 2.95. The third kappa shape index (κ3) is 2.92. The Hall–Kier alpha value is -1.20. The molecule has 1 aliphatic heterocycles. The minimum Gasteiger partial charge on any atom is -0.324 e. The Morgan fingerprint density at radius 2 is 2.24 bits per heavy atom. The summed E-state index contributed by atoms with van der Waals surface area (Å²) in [6.45, 7) is 6.61. The first-order valence-corrected chi connectivity index (χ1v) is 5.92. The van der Waals surface area contributed by atoms with Crippen molar-refractivity contribution >= 4 is 0 Å². The minimum atomic E-state index is -0.204. The molecule has 0 spiro atoms. The molecule has 0 saturated heterocycles. The standard InChI is InChI=1S/C12H20N4O/c1-12(2,13)8-16-5-4-10-9(7-16)6-11(17)15(3)14-10/h6H,4-5,7-8,13H2,1-3H3. The first kappa shape index (κ1) is 12.3. The van der Waals surface area contributed by atoms with Crippen LogP contribution < -0.4 is 11.3 Å². The van der Waals surface area contributed by atoms with E-state index in [0.29, 0.717) is 0 Å². The molecule has 0 aromatic carbocycles. The van der Waals surface area contributed by atoms with Crippen molar-refractivity contribution in [2.24, 2.45) is 12.8 Å². The van der Waals surface area contributed by atoms with Gasteiger partial charge in [0.05, 0.1) is 5.69 Å². The molecule has 2 rings (SSSR count). The normalized spacial score (nSPS) is 16.9. The van der Waals surface area contributed by atoms with Crippen LogP contribution in [0.15, 0.2) is 10.9 Å². The highest BCUT2D eigenvalue weighted by atomic mass is 16.1. The van der Waals surface area contributed by atoms with Gasteiger partial charge in [-0.25, -0.2) is 4.68 Å². The zero-order chi connectivity index (χ0) is 12.6. The number of aromatic nitrogens is 2. The van der Waals surface area contributed by atoms with Gasteiger partial charge >= 0.3 is 0 Å². The van der Waals surface area contributed by atoms with E-state index in [2.05, 4.69) is 10.00 Å². The van der Waals surface area contributed by atoms with Gasteiger partial charge in [0.1, 0.15) is 0 Å². The second kappa shape index (κ2) is 4.23. The van der Waals surface area contributed by atoms with E-state index in [1.165, 1.54) is 4.68 Å². The monoisotopic (exact) mass is 236 g/mol. The quantitative estimate of drug-likeness (QED) is 0.777. The summed E-state index contributed by atoms with van der Waals surface area (Å²) >= 11 is 0. The van der Waals surface area contributed by atoms with Crippen LogP contribution in [0.2, 0.25) is 0 Å². The van der Waals surface area contributed by atoms with E-state index in [-0.39, 0.29) is 11.1 Å². The Balaban J connectivity index is 2.19. The lowest BCUT2D eigenvalue weighted by atomic mass is 10.0. The van der Waals surface area contributed by atoms with E-state index in [1.807, 2.05) is 13.8 Å². The molecule has 1 aromatic heterocycles. The van der Waals surface area contributed by atoms with Crippen LogP contribution in [0.25, 0.3) is 0 Å². The van der Waals surface area contributed by atoms with Gasteiger partial charge < -0.3 is 5.73 Å². The lowest BCUT2D eigenvalue weighted by Crippen LogP contribution is -2.47. The topological polar surface area (TPSA) is 64.2 Å². The number of hydrogen-bond acceptors (Lipinski definition) is 4. The Kier molecular flexibility index (Phi) is 3.05. The van der Waals surface area contributed by atoms with E-state index in [9.17, 15) is 4.79 Å². The fourth-order valence-electron chi connectivity index (χ4n) is 2.26. The van der Waals surface area contributed by atoms with Crippen molar-refractivity contribution in [1.82, 2.24) is 14.7 Å². The molecule has 0 atom stereocenters. The lowest BCUT2D eigenvalue weighted by molar-refractivity contribution is 0.206. The molecule has 2 N–H and O–H groups in total. The maximum Gasteiger partial charge on any atom is 0.266 e. The van der Waals surface area contributed by atoms with Crippen molar-refractivity contribution in [2.75, 3.05) is 13.1 Å². The summed E-state index contributed by atoms with van der Waals surface area (Å²) in [5.41, 5.74) is 7.85. The molecule has 5 nitrogen and oxygen atoms in total. The molecule has 17 heavy (non-hydrogen) atoms. The van der Waals surface area contributed by atoms with Crippen molar-refractivity contribution in [2.45, 2.75) is 32.4 Å². The van der Waals surface area contributed by atoms with E-state index >= 15 is 0 Å². The molecule has 1 aromatic rings. The number of fused-ring (bicyclic) bond motifs is 1. The third-order valence-corrected chi connectivity index (χ3v) is 2.95. The number of nitrogens with two attached hydrogens (primary N) is 1. The molecule has 2 heterocycles. The van der Waals surface area contributed by atoms with Crippen molar-refractivity contribution in [1.29, 1.82) is 0 Å². The average molecular weight is 236 g/mol. The van der Waals surface area contributed by atoms with Gasteiger partial charge in [-0.1, -0.05) is 0 Å². The summed E-state index contributed by atoms with van der Waals surface area (Å²) in [5, 5.41) is 4.29. The summed E-state index contributed by atoms with van der Waals surface area (Å²) in [6, 6.07) is 1.69. The van der Waals surface area contributed by atoms with Gasteiger partial charge in [-0.2, -0.15) is 5.10 Å². The van der Waals surface area contributed by atoms with E-state index in [4.69, 9.17) is 5.73 Å². The summed E-state index contributed by atoms with van der Waals surface area (Å²) in [4.78, 5) is 13.8. The molecule has 0 aliphatic carbocycles.